The van der Waals surface area contributed by atoms with Crippen LogP contribution in [0, 0.1) is 0 Å². The second kappa shape index (κ2) is 5.49. The van der Waals surface area contributed by atoms with E-state index < -0.39 is 0 Å². The van der Waals surface area contributed by atoms with Crippen LogP contribution in [0.3, 0.4) is 0 Å². The predicted octanol–water partition coefficient (Wildman–Crippen LogP) is 2.27. The van der Waals surface area contributed by atoms with Gasteiger partial charge in [0.25, 0.3) is 0 Å². The first-order valence-corrected chi connectivity index (χ1v) is 4.71. The summed E-state index contributed by atoms with van der Waals surface area (Å²) in [5, 5.41) is 0. The lowest BCUT2D eigenvalue weighted by atomic mass is 10.1. The summed E-state index contributed by atoms with van der Waals surface area (Å²) in [6.45, 7) is 2.71. The van der Waals surface area contributed by atoms with Crippen LogP contribution >= 0.6 is 17.0 Å². The lowest BCUT2D eigenvalue weighted by molar-refractivity contribution is 0.00506. The molecular formula is C11H16BrNO. The van der Waals surface area contributed by atoms with Gasteiger partial charge in [-0.05, 0) is 12.6 Å². The van der Waals surface area contributed by atoms with Crippen molar-refractivity contribution in [1.82, 2.24) is 4.90 Å². The molecule has 0 saturated carbocycles. The number of morpholine rings is 1. The Labute approximate surface area is 95.6 Å². The van der Waals surface area contributed by atoms with Crippen molar-refractivity contribution in [3.05, 3.63) is 35.9 Å². The molecule has 78 valence electrons. The fourth-order valence-corrected chi connectivity index (χ4v) is 1.71. The Morgan fingerprint density at radius 2 is 2.00 bits per heavy atom. The van der Waals surface area contributed by atoms with Crippen molar-refractivity contribution in [2.24, 2.45) is 0 Å². The van der Waals surface area contributed by atoms with E-state index in [4.69, 9.17) is 4.74 Å². The molecule has 0 aromatic heterocycles. The Kier molecular flexibility index (Phi) is 4.58. The number of likely N-dealkylation sites (N-methyl/N-ethyl adjacent to an activating group) is 1. The summed E-state index contributed by atoms with van der Waals surface area (Å²) < 4.78 is 5.47. The number of halogens is 1. The molecule has 0 aliphatic carbocycles. The normalized spacial score (nSPS) is 22.8. The van der Waals surface area contributed by atoms with Gasteiger partial charge in [0.15, 0.2) is 0 Å². The molecule has 1 aromatic carbocycles. The molecular weight excluding hydrogens is 242 g/mol. The van der Waals surface area contributed by atoms with E-state index in [-0.39, 0.29) is 17.0 Å². The number of benzene rings is 1. The Hall–Kier alpha value is -0.380. The standard InChI is InChI=1S/C11H15NO.BrH/c1-12-7-8-13-9-11(12)10-5-3-2-4-6-10;/h2-6,11H,7-9H2,1H3;1H. The van der Waals surface area contributed by atoms with Crippen LogP contribution in [0.25, 0.3) is 0 Å². The van der Waals surface area contributed by atoms with Gasteiger partial charge in [0.2, 0.25) is 0 Å². The van der Waals surface area contributed by atoms with E-state index in [0.717, 1.165) is 19.8 Å². The third kappa shape index (κ3) is 2.56. The summed E-state index contributed by atoms with van der Waals surface area (Å²) in [6, 6.07) is 11.0. The molecule has 2 nitrogen and oxygen atoms in total. The highest BCUT2D eigenvalue weighted by molar-refractivity contribution is 8.93. The van der Waals surface area contributed by atoms with Gasteiger partial charge in [-0.3, -0.25) is 4.90 Å². The molecule has 1 heterocycles. The average molecular weight is 258 g/mol. The average Bonchev–Trinajstić information content (AvgIpc) is 2.20. The van der Waals surface area contributed by atoms with Crippen molar-refractivity contribution in [2.45, 2.75) is 6.04 Å². The van der Waals surface area contributed by atoms with Gasteiger partial charge in [0, 0.05) is 6.54 Å². The van der Waals surface area contributed by atoms with Crippen LogP contribution in [0.15, 0.2) is 30.3 Å². The van der Waals surface area contributed by atoms with Crippen molar-refractivity contribution in [3.63, 3.8) is 0 Å². The van der Waals surface area contributed by atoms with Crippen molar-refractivity contribution in [1.29, 1.82) is 0 Å². The summed E-state index contributed by atoms with van der Waals surface area (Å²) in [7, 11) is 2.15. The van der Waals surface area contributed by atoms with Crippen LogP contribution in [0.4, 0.5) is 0 Å². The minimum absolute atomic E-state index is 0. The Morgan fingerprint density at radius 1 is 1.29 bits per heavy atom. The second-order valence-electron chi connectivity index (χ2n) is 3.48. The van der Waals surface area contributed by atoms with E-state index in [9.17, 15) is 0 Å². The minimum Gasteiger partial charge on any atom is -0.378 e. The number of hydrogen-bond donors (Lipinski definition) is 0. The third-order valence-corrected chi connectivity index (χ3v) is 2.58. The lowest BCUT2D eigenvalue weighted by Gasteiger charge is -2.32. The molecule has 1 aliphatic heterocycles. The number of nitrogens with zero attached hydrogens (tertiary/aromatic N) is 1. The van der Waals surface area contributed by atoms with Crippen LogP contribution in [0.1, 0.15) is 11.6 Å². The maximum absolute atomic E-state index is 5.47. The van der Waals surface area contributed by atoms with E-state index in [0.29, 0.717) is 6.04 Å². The monoisotopic (exact) mass is 257 g/mol. The zero-order chi connectivity index (χ0) is 9.10. The molecule has 0 radical (unpaired) electrons. The largest absolute Gasteiger partial charge is 0.378 e. The molecule has 1 unspecified atom stereocenters. The maximum Gasteiger partial charge on any atom is 0.0664 e. The first kappa shape index (κ1) is 11.7. The quantitative estimate of drug-likeness (QED) is 0.766. The molecule has 2 rings (SSSR count). The van der Waals surface area contributed by atoms with Gasteiger partial charge < -0.3 is 4.74 Å². The summed E-state index contributed by atoms with van der Waals surface area (Å²) in [4.78, 5) is 2.35. The van der Waals surface area contributed by atoms with E-state index in [1.54, 1.807) is 0 Å². The highest BCUT2D eigenvalue weighted by Crippen LogP contribution is 2.21. The molecule has 0 N–H and O–H groups in total. The van der Waals surface area contributed by atoms with E-state index in [2.05, 4.69) is 36.2 Å². The van der Waals surface area contributed by atoms with Gasteiger partial charge in [-0.25, -0.2) is 0 Å². The molecule has 0 spiro atoms. The number of hydrogen-bond acceptors (Lipinski definition) is 2. The Balaban J connectivity index is 0.000000980. The molecule has 3 heteroatoms. The van der Waals surface area contributed by atoms with Crippen molar-refractivity contribution >= 4 is 17.0 Å². The Bertz CT molecular complexity index is 265. The van der Waals surface area contributed by atoms with Gasteiger partial charge in [-0.15, -0.1) is 17.0 Å². The van der Waals surface area contributed by atoms with Crippen LogP contribution in [-0.4, -0.2) is 31.7 Å². The summed E-state index contributed by atoms with van der Waals surface area (Å²) in [6.07, 6.45) is 0. The Morgan fingerprint density at radius 3 is 2.64 bits per heavy atom. The summed E-state index contributed by atoms with van der Waals surface area (Å²) in [5.74, 6) is 0. The van der Waals surface area contributed by atoms with Gasteiger partial charge in [-0.2, -0.15) is 0 Å². The molecule has 1 saturated heterocycles. The highest BCUT2D eigenvalue weighted by atomic mass is 79.9. The first-order valence-electron chi connectivity index (χ1n) is 4.71. The topological polar surface area (TPSA) is 12.5 Å². The first-order chi connectivity index (χ1) is 6.38. The van der Waals surface area contributed by atoms with Gasteiger partial charge >= 0.3 is 0 Å². The molecule has 1 fully saturated rings. The lowest BCUT2D eigenvalue weighted by Crippen LogP contribution is -2.36. The van der Waals surface area contributed by atoms with Crippen LogP contribution in [0.2, 0.25) is 0 Å². The molecule has 0 amide bonds. The van der Waals surface area contributed by atoms with E-state index >= 15 is 0 Å². The molecule has 14 heavy (non-hydrogen) atoms. The van der Waals surface area contributed by atoms with Crippen molar-refractivity contribution in [2.75, 3.05) is 26.8 Å². The minimum atomic E-state index is 0. The van der Waals surface area contributed by atoms with Crippen molar-refractivity contribution in [3.8, 4) is 0 Å². The SMILES string of the molecule is Br.CN1CCOCC1c1ccccc1. The molecule has 1 aromatic rings. The fraction of sp³-hybridized carbons (Fsp3) is 0.455. The highest BCUT2D eigenvalue weighted by Gasteiger charge is 2.20. The second-order valence-corrected chi connectivity index (χ2v) is 3.48. The zero-order valence-electron chi connectivity index (χ0n) is 8.35. The summed E-state index contributed by atoms with van der Waals surface area (Å²) >= 11 is 0. The van der Waals surface area contributed by atoms with Gasteiger partial charge in [0.1, 0.15) is 0 Å². The maximum atomic E-state index is 5.47. The van der Waals surface area contributed by atoms with Crippen molar-refractivity contribution < 1.29 is 4.74 Å². The van der Waals surface area contributed by atoms with Gasteiger partial charge in [0.05, 0.1) is 19.3 Å². The number of rotatable bonds is 1. The summed E-state index contributed by atoms with van der Waals surface area (Å²) in [5.41, 5.74) is 1.35. The van der Waals surface area contributed by atoms with Crippen LogP contribution < -0.4 is 0 Å². The smallest absolute Gasteiger partial charge is 0.0664 e. The zero-order valence-corrected chi connectivity index (χ0v) is 10.1. The van der Waals surface area contributed by atoms with Gasteiger partial charge in [-0.1, -0.05) is 30.3 Å². The fourth-order valence-electron chi connectivity index (χ4n) is 1.71. The molecule has 1 atom stereocenters. The molecule has 0 bridgehead atoms. The molecule has 1 aliphatic rings. The van der Waals surface area contributed by atoms with Crippen LogP contribution in [-0.2, 0) is 4.74 Å². The van der Waals surface area contributed by atoms with Crippen LogP contribution in [0.5, 0.6) is 0 Å². The van der Waals surface area contributed by atoms with E-state index in [1.807, 2.05) is 6.07 Å². The third-order valence-electron chi connectivity index (χ3n) is 2.58. The predicted molar refractivity (Wildman–Crippen MR) is 63.0 cm³/mol. The number of ether oxygens (including phenoxy) is 1. The van der Waals surface area contributed by atoms with E-state index in [1.165, 1.54) is 5.56 Å².